The van der Waals surface area contributed by atoms with Crippen LogP contribution in [-0.4, -0.2) is 15.8 Å². The van der Waals surface area contributed by atoms with E-state index in [4.69, 9.17) is 11.5 Å². The number of aryl methyl sites for hydroxylation is 1. The molecule has 0 fully saturated rings. The van der Waals surface area contributed by atoms with Crippen molar-refractivity contribution in [3.05, 3.63) is 11.5 Å². The van der Waals surface area contributed by atoms with Crippen LogP contribution < -0.4 is 11.5 Å². The summed E-state index contributed by atoms with van der Waals surface area (Å²) in [5, 5.41) is 0. The fourth-order valence-electron chi connectivity index (χ4n) is 0.824. The molecule has 0 aliphatic rings. The van der Waals surface area contributed by atoms with Gasteiger partial charge in [0.25, 0.3) is 5.95 Å². The standard InChI is InChI=1S/C8H12FN5/c1-3-5(10)13-8-12-4(2)6(9)7(11)14-8/h3H2,1-2H3,(H4,10,11,12,13,14). The number of amidine groups is 1. The van der Waals surface area contributed by atoms with Crippen molar-refractivity contribution in [1.82, 2.24) is 9.97 Å². The summed E-state index contributed by atoms with van der Waals surface area (Å²) < 4.78 is 13.0. The first kappa shape index (κ1) is 10.4. The van der Waals surface area contributed by atoms with Gasteiger partial charge in [-0.15, -0.1) is 0 Å². The number of hydrogen-bond donors (Lipinski definition) is 2. The van der Waals surface area contributed by atoms with E-state index in [1.54, 1.807) is 0 Å². The Balaban J connectivity index is 3.13. The molecule has 0 aliphatic heterocycles. The predicted octanol–water partition coefficient (Wildman–Crippen LogP) is 0.905. The summed E-state index contributed by atoms with van der Waals surface area (Å²) in [6.45, 7) is 3.34. The van der Waals surface area contributed by atoms with E-state index < -0.39 is 5.82 Å². The molecule has 0 unspecified atom stereocenters. The maximum Gasteiger partial charge on any atom is 0.253 e. The summed E-state index contributed by atoms with van der Waals surface area (Å²) >= 11 is 0. The molecule has 5 nitrogen and oxygen atoms in total. The molecular formula is C8H12FN5. The van der Waals surface area contributed by atoms with Gasteiger partial charge in [0, 0.05) is 6.42 Å². The number of nitrogen functional groups attached to an aromatic ring is 1. The van der Waals surface area contributed by atoms with Crippen LogP contribution in [0.3, 0.4) is 0 Å². The van der Waals surface area contributed by atoms with Crippen LogP contribution in [-0.2, 0) is 0 Å². The number of rotatable bonds is 2. The Labute approximate surface area is 81.1 Å². The zero-order chi connectivity index (χ0) is 10.7. The van der Waals surface area contributed by atoms with Crippen molar-refractivity contribution in [3.8, 4) is 0 Å². The number of aliphatic imine (C=N–C) groups is 1. The second-order valence-electron chi connectivity index (χ2n) is 2.76. The Morgan fingerprint density at radius 3 is 2.64 bits per heavy atom. The number of halogens is 1. The lowest BCUT2D eigenvalue weighted by atomic mass is 10.4. The summed E-state index contributed by atoms with van der Waals surface area (Å²) in [6, 6.07) is 0. The van der Waals surface area contributed by atoms with Crippen molar-refractivity contribution in [2.75, 3.05) is 5.73 Å². The minimum atomic E-state index is -0.612. The summed E-state index contributed by atoms with van der Waals surface area (Å²) in [7, 11) is 0. The highest BCUT2D eigenvalue weighted by Crippen LogP contribution is 2.14. The van der Waals surface area contributed by atoms with Gasteiger partial charge in [0.15, 0.2) is 11.6 Å². The molecule has 0 spiro atoms. The lowest BCUT2D eigenvalue weighted by molar-refractivity contribution is 0.608. The second kappa shape index (κ2) is 3.99. The highest BCUT2D eigenvalue weighted by Gasteiger charge is 2.07. The van der Waals surface area contributed by atoms with E-state index in [1.807, 2.05) is 6.92 Å². The Kier molecular flexibility index (Phi) is 2.95. The van der Waals surface area contributed by atoms with E-state index in [2.05, 4.69) is 15.0 Å². The van der Waals surface area contributed by atoms with Gasteiger partial charge in [0.1, 0.15) is 5.84 Å². The first-order valence-electron chi connectivity index (χ1n) is 4.17. The molecule has 1 rings (SSSR count). The van der Waals surface area contributed by atoms with Crippen molar-refractivity contribution in [2.45, 2.75) is 20.3 Å². The average Bonchev–Trinajstić information content (AvgIpc) is 2.14. The fraction of sp³-hybridized carbons (Fsp3) is 0.375. The third kappa shape index (κ3) is 2.15. The number of hydrogen-bond acceptors (Lipinski definition) is 4. The van der Waals surface area contributed by atoms with Gasteiger partial charge in [0.05, 0.1) is 5.69 Å². The van der Waals surface area contributed by atoms with Crippen LogP contribution in [0.1, 0.15) is 19.0 Å². The van der Waals surface area contributed by atoms with E-state index in [9.17, 15) is 4.39 Å². The van der Waals surface area contributed by atoms with Gasteiger partial charge in [-0.2, -0.15) is 9.98 Å². The molecule has 0 radical (unpaired) electrons. The van der Waals surface area contributed by atoms with Gasteiger partial charge in [-0.1, -0.05) is 6.92 Å². The van der Waals surface area contributed by atoms with Crippen LogP contribution in [0.25, 0.3) is 0 Å². The van der Waals surface area contributed by atoms with Crippen LogP contribution in [0.15, 0.2) is 4.99 Å². The van der Waals surface area contributed by atoms with Crippen molar-refractivity contribution in [1.29, 1.82) is 0 Å². The molecular weight excluding hydrogens is 185 g/mol. The fourth-order valence-corrected chi connectivity index (χ4v) is 0.824. The highest BCUT2D eigenvalue weighted by atomic mass is 19.1. The van der Waals surface area contributed by atoms with E-state index in [-0.39, 0.29) is 17.5 Å². The molecule has 76 valence electrons. The van der Waals surface area contributed by atoms with Crippen molar-refractivity contribution in [3.63, 3.8) is 0 Å². The van der Waals surface area contributed by atoms with E-state index in [1.165, 1.54) is 6.92 Å². The van der Waals surface area contributed by atoms with Crippen LogP contribution in [0.4, 0.5) is 16.2 Å². The molecule has 6 heteroatoms. The van der Waals surface area contributed by atoms with Crippen LogP contribution in [0.2, 0.25) is 0 Å². The largest absolute Gasteiger partial charge is 0.387 e. The van der Waals surface area contributed by atoms with Crippen LogP contribution in [0.5, 0.6) is 0 Å². The summed E-state index contributed by atoms with van der Waals surface area (Å²) in [5.74, 6) is -0.338. The number of nitrogens with zero attached hydrogens (tertiary/aromatic N) is 3. The van der Waals surface area contributed by atoms with Crippen molar-refractivity contribution in [2.24, 2.45) is 10.7 Å². The minimum Gasteiger partial charge on any atom is -0.387 e. The van der Waals surface area contributed by atoms with Gasteiger partial charge >= 0.3 is 0 Å². The topological polar surface area (TPSA) is 90.2 Å². The number of anilines is 1. The average molecular weight is 197 g/mol. The minimum absolute atomic E-state index is 0.0979. The lowest BCUT2D eigenvalue weighted by Crippen LogP contribution is -2.10. The zero-order valence-corrected chi connectivity index (χ0v) is 8.08. The van der Waals surface area contributed by atoms with E-state index in [0.717, 1.165) is 0 Å². The first-order valence-corrected chi connectivity index (χ1v) is 4.17. The maximum absolute atomic E-state index is 13.0. The maximum atomic E-state index is 13.0. The molecule has 0 atom stereocenters. The molecule has 1 aromatic rings. The first-order chi connectivity index (χ1) is 6.54. The molecule has 1 aromatic heterocycles. The quantitative estimate of drug-likeness (QED) is 0.544. The van der Waals surface area contributed by atoms with E-state index >= 15 is 0 Å². The summed E-state index contributed by atoms with van der Waals surface area (Å²) in [6.07, 6.45) is 0.583. The molecule has 0 bridgehead atoms. The Morgan fingerprint density at radius 2 is 2.14 bits per heavy atom. The molecule has 1 heterocycles. The van der Waals surface area contributed by atoms with Crippen molar-refractivity contribution >= 4 is 17.6 Å². The van der Waals surface area contributed by atoms with Gasteiger partial charge in [-0.3, -0.25) is 0 Å². The Bertz CT molecular complexity index is 351. The number of nitrogens with two attached hydrogens (primary N) is 2. The third-order valence-electron chi connectivity index (χ3n) is 1.64. The number of aromatic nitrogens is 2. The van der Waals surface area contributed by atoms with E-state index in [0.29, 0.717) is 12.3 Å². The van der Waals surface area contributed by atoms with Crippen molar-refractivity contribution < 1.29 is 4.39 Å². The Morgan fingerprint density at radius 1 is 1.50 bits per heavy atom. The van der Waals surface area contributed by atoms with Crippen LogP contribution >= 0.6 is 0 Å². The molecule has 4 N–H and O–H groups in total. The molecule has 0 amide bonds. The molecule has 0 saturated carbocycles. The molecule has 0 aromatic carbocycles. The summed E-state index contributed by atoms with van der Waals surface area (Å²) in [4.78, 5) is 11.3. The Hall–Kier alpha value is -1.72. The predicted molar refractivity (Wildman–Crippen MR) is 52.7 cm³/mol. The smallest absolute Gasteiger partial charge is 0.253 e. The van der Waals surface area contributed by atoms with Gasteiger partial charge < -0.3 is 11.5 Å². The SMILES string of the molecule is CCC(N)=Nc1nc(C)c(F)c(N)n1. The summed E-state index contributed by atoms with van der Waals surface area (Å²) in [5.41, 5.74) is 10.9. The molecule has 14 heavy (non-hydrogen) atoms. The third-order valence-corrected chi connectivity index (χ3v) is 1.64. The molecule has 0 saturated heterocycles. The molecule has 0 aliphatic carbocycles. The van der Waals surface area contributed by atoms with Gasteiger partial charge in [0.2, 0.25) is 0 Å². The highest BCUT2D eigenvalue weighted by molar-refractivity contribution is 5.81. The zero-order valence-electron chi connectivity index (χ0n) is 8.08. The normalized spacial score (nSPS) is 11.8. The van der Waals surface area contributed by atoms with Gasteiger partial charge in [-0.05, 0) is 6.92 Å². The lowest BCUT2D eigenvalue weighted by Gasteiger charge is -2.01. The van der Waals surface area contributed by atoms with Crippen LogP contribution in [0, 0.1) is 12.7 Å². The second-order valence-corrected chi connectivity index (χ2v) is 2.76. The van der Waals surface area contributed by atoms with Gasteiger partial charge in [-0.25, -0.2) is 9.37 Å². The monoisotopic (exact) mass is 197 g/mol.